The second kappa shape index (κ2) is 7.76. The molecule has 23 heavy (non-hydrogen) atoms. The van der Waals surface area contributed by atoms with E-state index in [0.717, 1.165) is 17.9 Å². The fraction of sp³-hybridized carbons (Fsp3) is 0.471. The second-order valence-electron chi connectivity index (χ2n) is 5.74. The minimum atomic E-state index is -0.124. The van der Waals surface area contributed by atoms with Crippen molar-refractivity contribution >= 4 is 5.91 Å². The SMILES string of the molecule is CCOc1ccc(C(=O)NCC(C)Cn2nc(C)cc2C)cn1. The van der Waals surface area contributed by atoms with Crippen LogP contribution in [0.2, 0.25) is 0 Å². The minimum Gasteiger partial charge on any atom is -0.478 e. The van der Waals surface area contributed by atoms with E-state index in [0.29, 0.717) is 24.6 Å². The summed E-state index contributed by atoms with van der Waals surface area (Å²) in [6.07, 6.45) is 1.53. The molecule has 6 nitrogen and oxygen atoms in total. The maximum atomic E-state index is 12.1. The van der Waals surface area contributed by atoms with Gasteiger partial charge in [0.15, 0.2) is 0 Å². The van der Waals surface area contributed by atoms with Gasteiger partial charge in [0.05, 0.1) is 17.9 Å². The van der Waals surface area contributed by atoms with Crippen LogP contribution in [0.15, 0.2) is 24.4 Å². The van der Waals surface area contributed by atoms with Crippen molar-refractivity contribution in [2.45, 2.75) is 34.2 Å². The van der Waals surface area contributed by atoms with E-state index >= 15 is 0 Å². The van der Waals surface area contributed by atoms with Crippen molar-refractivity contribution in [1.82, 2.24) is 20.1 Å². The number of nitrogens with one attached hydrogen (secondary N) is 1. The molecule has 0 bridgehead atoms. The average molecular weight is 316 g/mol. The number of aryl methyl sites for hydroxylation is 2. The number of pyridine rings is 1. The van der Waals surface area contributed by atoms with E-state index in [1.54, 1.807) is 12.1 Å². The molecule has 2 heterocycles. The largest absolute Gasteiger partial charge is 0.478 e. The van der Waals surface area contributed by atoms with Gasteiger partial charge in [0.1, 0.15) is 0 Å². The molecule has 0 saturated heterocycles. The fourth-order valence-corrected chi connectivity index (χ4v) is 2.34. The number of amides is 1. The Balaban J connectivity index is 1.84. The normalized spacial score (nSPS) is 12.0. The zero-order chi connectivity index (χ0) is 16.8. The molecule has 2 aromatic rings. The van der Waals surface area contributed by atoms with Crippen LogP contribution in [0.5, 0.6) is 5.88 Å². The van der Waals surface area contributed by atoms with Gasteiger partial charge in [0.25, 0.3) is 5.91 Å². The number of carbonyl (C=O) groups is 1. The zero-order valence-electron chi connectivity index (χ0n) is 14.2. The number of carbonyl (C=O) groups excluding carboxylic acids is 1. The van der Waals surface area contributed by atoms with Crippen molar-refractivity contribution < 1.29 is 9.53 Å². The molecule has 1 unspecified atom stereocenters. The summed E-state index contributed by atoms with van der Waals surface area (Å²) in [5.74, 6) is 0.690. The third-order valence-corrected chi connectivity index (χ3v) is 3.49. The smallest absolute Gasteiger partial charge is 0.252 e. The van der Waals surface area contributed by atoms with Crippen LogP contribution in [0.1, 0.15) is 35.6 Å². The van der Waals surface area contributed by atoms with Crippen LogP contribution >= 0.6 is 0 Å². The lowest BCUT2D eigenvalue weighted by Gasteiger charge is -2.14. The van der Waals surface area contributed by atoms with Crippen LogP contribution in [0.3, 0.4) is 0 Å². The van der Waals surface area contributed by atoms with E-state index in [1.165, 1.54) is 6.20 Å². The van der Waals surface area contributed by atoms with Crippen LogP contribution in [-0.4, -0.2) is 33.8 Å². The second-order valence-corrected chi connectivity index (χ2v) is 5.74. The van der Waals surface area contributed by atoms with Crippen LogP contribution in [0, 0.1) is 19.8 Å². The highest BCUT2D eigenvalue weighted by Gasteiger charge is 2.11. The van der Waals surface area contributed by atoms with Gasteiger partial charge in [-0.3, -0.25) is 9.48 Å². The molecule has 2 aromatic heterocycles. The first-order valence-electron chi connectivity index (χ1n) is 7.87. The molecule has 0 aromatic carbocycles. The highest BCUT2D eigenvalue weighted by molar-refractivity contribution is 5.93. The third-order valence-electron chi connectivity index (χ3n) is 3.49. The van der Waals surface area contributed by atoms with E-state index < -0.39 is 0 Å². The van der Waals surface area contributed by atoms with Crippen molar-refractivity contribution in [2.75, 3.05) is 13.2 Å². The predicted octanol–water partition coefficient (Wildman–Crippen LogP) is 2.36. The van der Waals surface area contributed by atoms with E-state index in [1.807, 2.05) is 25.5 Å². The van der Waals surface area contributed by atoms with E-state index in [2.05, 4.69) is 28.4 Å². The molecule has 124 valence electrons. The Morgan fingerprint density at radius 3 is 2.74 bits per heavy atom. The lowest BCUT2D eigenvalue weighted by Crippen LogP contribution is -2.30. The molecule has 1 N–H and O–H groups in total. The highest BCUT2D eigenvalue weighted by Crippen LogP contribution is 2.08. The molecular formula is C17H24N4O2. The fourth-order valence-electron chi connectivity index (χ4n) is 2.34. The summed E-state index contributed by atoms with van der Waals surface area (Å²) in [6, 6.07) is 5.48. The van der Waals surface area contributed by atoms with Crippen LogP contribution in [0.4, 0.5) is 0 Å². The molecule has 0 aliphatic rings. The number of rotatable bonds is 7. The summed E-state index contributed by atoms with van der Waals surface area (Å²) in [4.78, 5) is 16.2. The quantitative estimate of drug-likeness (QED) is 0.851. The summed E-state index contributed by atoms with van der Waals surface area (Å²) in [5.41, 5.74) is 2.68. The molecule has 1 atom stereocenters. The first-order valence-corrected chi connectivity index (χ1v) is 7.87. The van der Waals surface area contributed by atoms with Gasteiger partial charge in [-0.2, -0.15) is 5.10 Å². The number of hydrogen-bond acceptors (Lipinski definition) is 4. The maximum absolute atomic E-state index is 12.1. The Labute approximate surface area is 136 Å². The molecule has 0 saturated carbocycles. The van der Waals surface area contributed by atoms with Crippen molar-refractivity contribution in [2.24, 2.45) is 5.92 Å². The number of ether oxygens (including phenoxy) is 1. The topological polar surface area (TPSA) is 69.0 Å². The Kier molecular flexibility index (Phi) is 5.73. The highest BCUT2D eigenvalue weighted by atomic mass is 16.5. The van der Waals surface area contributed by atoms with Gasteiger partial charge in [-0.25, -0.2) is 4.98 Å². The summed E-state index contributed by atoms with van der Waals surface area (Å²) in [5, 5.41) is 7.38. The average Bonchev–Trinajstić information content (AvgIpc) is 2.83. The van der Waals surface area contributed by atoms with Gasteiger partial charge in [0.2, 0.25) is 5.88 Å². The summed E-state index contributed by atoms with van der Waals surface area (Å²) >= 11 is 0. The number of hydrogen-bond donors (Lipinski definition) is 1. The van der Waals surface area contributed by atoms with Crippen LogP contribution in [-0.2, 0) is 6.54 Å². The summed E-state index contributed by atoms with van der Waals surface area (Å²) < 4.78 is 7.24. The van der Waals surface area contributed by atoms with Crippen molar-refractivity contribution in [1.29, 1.82) is 0 Å². The Hall–Kier alpha value is -2.37. The van der Waals surface area contributed by atoms with Gasteiger partial charge < -0.3 is 10.1 Å². The molecule has 0 radical (unpaired) electrons. The van der Waals surface area contributed by atoms with Gasteiger partial charge in [-0.05, 0) is 38.8 Å². The van der Waals surface area contributed by atoms with E-state index in [9.17, 15) is 4.79 Å². The van der Waals surface area contributed by atoms with Gasteiger partial charge in [0, 0.05) is 31.0 Å². The minimum absolute atomic E-state index is 0.124. The lowest BCUT2D eigenvalue weighted by atomic mass is 10.1. The lowest BCUT2D eigenvalue weighted by molar-refractivity contribution is 0.0946. The maximum Gasteiger partial charge on any atom is 0.252 e. The van der Waals surface area contributed by atoms with E-state index in [4.69, 9.17) is 4.74 Å². The van der Waals surface area contributed by atoms with Crippen LogP contribution in [0.25, 0.3) is 0 Å². The molecule has 0 aliphatic heterocycles. The monoisotopic (exact) mass is 316 g/mol. The van der Waals surface area contributed by atoms with Crippen molar-refractivity contribution in [3.63, 3.8) is 0 Å². The third kappa shape index (κ3) is 4.81. The summed E-state index contributed by atoms with van der Waals surface area (Å²) in [6.45, 7) is 9.93. The summed E-state index contributed by atoms with van der Waals surface area (Å²) in [7, 11) is 0. The van der Waals surface area contributed by atoms with Gasteiger partial charge in [-0.15, -0.1) is 0 Å². The Bertz CT molecular complexity index is 649. The van der Waals surface area contributed by atoms with Crippen LogP contribution < -0.4 is 10.1 Å². The predicted molar refractivity (Wildman–Crippen MR) is 88.6 cm³/mol. The van der Waals surface area contributed by atoms with Gasteiger partial charge >= 0.3 is 0 Å². The van der Waals surface area contributed by atoms with Crippen molar-refractivity contribution in [3.05, 3.63) is 41.3 Å². The van der Waals surface area contributed by atoms with Gasteiger partial charge in [-0.1, -0.05) is 6.92 Å². The molecule has 0 aliphatic carbocycles. The molecule has 6 heteroatoms. The number of nitrogens with zero attached hydrogens (tertiary/aromatic N) is 3. The first kappa shape index (κ1) is 17.0. The Morgan fingerprint density at radius 1 is 1.39 bits per heavy atom. The number of aromatic nitrogens is 3. The molecular weight excluding hydrogens is 292 g/mol. The standard InChI is InChI=1S/C17H24N4O2/c1-5-23-16-7-6-15(10-18-16)17(22)19-9-12(2)11-21-14(4)8-13(3)20-21/h6-8,10,12H,5,9,11H2,1-4H3,(H,19,22). The molecule has 2 rings (SSSR count). The first-order chi connectivity index (χ1) is 11.0. The van der Waals surface area contributed by atoms with Crippen molar-refractivity contribution in [3.8, 4) is 5.88 Å². The Morgan fingerprint density at radius 2 is 2.17 bits per heavy atom. The zero-order valence-corrected chi connectivity index (χ0v) is 14.2. The van der Waals surface area contributed by atoms with E-state index in [-0.39, 0.29) is 11.8 Å². The molecule has 0 spiro atoms. The molecule has 1 amide bonds. The molecule has 0 fully saturated rings.